The Kier molecular flexibility index (Phi) is 3.36. The van der Waals surface area contributed by atoms with Gasteiger partial charge in [0, 0.05) is 0 Å². The van der Waals surface area contributed by atoms with E-state index in [4.69, 9.17) is 5.73 Å². The van der Waals surface area contributed by atoms with Gasteiger partial charge >= 0.3 is 0 Å². The first-order chi connectivity index (χ1) is 6.07. The fraction of sp³-hybridized carbons (Fsp3) is 0.667. The summed E-state index contributed by atoms with van der Waals surface area (Å²) in [6, 6.07) is 0.395. The van der Waals surface area contributed by atoms with Crippen molar-refractivity contribution in [1.29, 1.82) is 0 Å². The molecule has 0 aliphatic rings. The van der Waals surface area contributed by atoms with Gasteiger partial charge < -0.3 is 5.73 Å². The smallest absolute Gasteiger partial charge is 0.136 e. The summed E-state index contributed by atoms with van der Waals surface area (Å²) >= 11 is 3.35. The number of hydrogen-bond acceptors (Lipinski definition) is 2. The topological polar surface area (TPSA) is 43.8 Å². The molecular formula is C9H16BrN3. The van der Waals surface area contributed by atoms with E-state index in [1.807, 2.05) is 4.68 Å². The summed E-state index contributed by atoms with van der Waals surface area (Å²) in [6.07, 6.45) is 2.80. The van der Waals surface area contributed by atoms with Crippen LogP contribution in [0.25, 0.3) is 0 Å². The Balaban J connectivity index is 2.98. The molecule has 0 saturated heterocycles. The minimum atomic E-state index is 0.395. The zero-order chi connectivity index (χ0) is 10.0. The molecule has 0 radical (unpaired) electrons. The highest BCUT2D eigenvalue weighted by atomic mass is 79.9. The van der Waals surface area contributed by atoms with Gasteiger partial charge in [0.2, 0.25) is 0 Å². The van der Waals surface area contributed by atoms with Gasteiger partial charge in [-0.2, -0.15) is 5.10 Å². The van der Waals surface area contributed by atoms with Crippen LogP contribution in [0.2, 0.25) is 0 Å². The van der Waals surface area contributed by atoms with E-state index in [1.165, 1.54) is 0 Å². The Morgan fingerprint density at radius 2 is 2.23 bits per heavy atom. The third-order valence-corrected chi connectivity index (χ3v) is 2.90. The standard InChI is InChI=1S/C9H16BrN3/c1-4-8(6(2)3)13-9(11)7(10)5-12-13/h5-6,8H,4,11H2,1-3H3. The second kappa shape index (κ2) is 4.13. The molecule has 1 atom stereocenters. The lowest BCUT2D eigenvalue weighted by Gasteiger charge is -2.20. The minimum absolute atomic E-state index is 0.395. The van der Waals surface area contributed by atoms with Gasteiger partial charge in [0.25, 0.3) is 0 Å². The lowest BCUT2D eigenvalue weighted by atomic mass is 10.0. The van der Waals surface area contributed by atoms with E-state index < -0.39 is 0 Å². The Bertz CT molecular complexity index is 280. The van der Waals surface area contributed by atoms with E-state index in [0.29, 0.717) is 12.0 Å². The zero-order valence-corrected chi connectivity index (χ0v) is 9.87. The van der Waals surface area contributed by atoms with Gasteiger partial charge in [-0.15, -0.1) is 0 Å². The van der Waals surface area contributed by atoms with Gasteiger partial charge in [0.1, 0.15) is 5.82 Å². The Hall–Kier alpha value is -0.510. The molecule has 0 bridgehead atoms. The molecule has 1 aromatic rings. The van der Waals surface area contributed by atoms with E-state index in [-0.39, 0.29) is 0 Å². The average molecular weight is 246 g/mol. The molecule has 2 N–H and O–H groups in total. The maximum atomic E-state index is 5.87. The summed E-state index contributed by atoms with van der Waals surface area (Å²) < 4.78 is 2.78. The quantitative estimate of drug-likeness (QED) is 0.891. The SMILES string of the molecule is CCC(C(C)C)n1ncc(Br)c1N. The first-order valence-corrected chi connectivity index (χ1v) is 5.35. The number of nitrogen functional groups attached to an aromatic ring is 1. The van der Waals surface area contributed by atoms with Crippen LogP contribution in [0.1, 0.15) is 33.2 Å². The molecule has 0 saturated carbocycles. The maximum absolute atomic E-state index is 5.87. The van der Waals surface area contributed by atoms with E-state index in [1.54, 1.807) is 6.20 Å². The summed E-state index contributed by atoms with van der Waals surface area (Å²) in [5.74, 6) is 1.28. The highest BCUT2D eigenvalue weighted by Crippen LogP contribution is 2.27. The van der Waals surface area contributed by atoms with Crippen molar-refractivity contribution in [2.75, 3.05) is 5.73 Å². The summed E-state index contributed by atoms with van der Waals surface area (Å²) in [5.41, 5.74) is 5.87. The van der Waals surface area contributed by atoms with Gasteiger partial charge in [-0.25, -0.2) is 4.68 Å². The van der Waals surface area contributed by atoms with Crippen molar-refractivity contribution >= 4 is 21.7 Å². The molecule has 0 amide bonds. The monoisotopic (exact) mass is 245 g/mol. The molecule has 13 heavy (non-hydrogen) atoms. The number of hydrogen-bond donors (Lipinski definition) is 1. The number of anilines is 1. The highest BCUT2D eigenvalue weighted by Gasteiger charge is 2.17. The number of nitrogens with two attached hydrogens (primary N) is 1. The summed E-state index contributed by atoms with van der Waals surface area (Å²) in [4.78, 5) is 0. The predicted molar refractivity (Wildman–Crippen MR) is 58.5 cm³/mol. The number of aromatic nitrogens is 2. The van der Waals surface area contributed by atoms with Crippen molar-refractivity contribution in [3.05, 3.63) is 10.7 Å². The summed E-state index contributed by atoms with van der Waals surface area (Å²) in [5, 5.41) is 4.25. The maximum Gasteiger partial charge on any atom is 0.136 e. The molecule has 0 spiro atoms. The zero-order valence-electron chi connectivity index (χ0n) is 8.29. The van der Waals surface area contributed by atoms with E-state index in [2.05, 4.69) is 41.8 Å². The van der Waals surface area contributed by atoms with Crippen LogP contribution in [0.4, 0.5) is 5.82 Å². The lowest BCUT2D eigenvalue weighted by molar-refractivity contribution is 0.341. The highest BCUT2D eigenvalue weighted by molar-refractivity contribution is 9.10. The van der Waals surface area contributed by atoms with Crippen LogP contribution in [0.15, 0.2) is 10.7 Å². The Labute approximate surface area is 87.4 Å². The predicted octanol–water partition coefficient (Wildman–Crippen LogP) is 2.83. The summed E-state index contributed by atoms with van der Waals surface area (Å²) in [7, 11) is 0. The molecule has 1 rings (SSSR count). The Morgan fingerprint density at radius 3 is 2.54 bits per heavy atom. The molecule has 3 nitrogen and oxygen atoms in total. The fourth-order valence-corrected chi connectivity index (χ4v) is 1.81. The first-order valence-electron chi connectivity index (χ1n) is 4.56. The van der Waals surface area contributed by atoms with Crippen molar-refractivity contribution < 1.29 is 0 Å². The molecule has 74 valence electrons. The molecule has 1 unspecified atom stereocenters. The van der Waals surface area contributed by atoms with Crippen LogP contribution in [0.5, 0.6) is 0 Å². The lowest BCUT2D eigenvalue weighted by Crippen LogP contribution is -2.17. The van der Waals surface area contributed by atoms with Crippen LogP contribution < -0.4 is 5.73 Å². The van der Waals surface area contributed by atoms with Crippen molar-refractivity contribution in [1.82, 2.24) is 9.78 Å². The average Bonchev–Trinajstić information content (AvgIpc) is 2.37. The minimum Gasteiger partial charge on any atom is -0.383 e. The molecule has 1 heterocycles. The van der Waals surface area contributed by atoms with E-state index >= 15 is 0 Å². The fourth-order valence-electron chi connectivity index (χ4n) is 1.54. The number of rotatable bonds is 3. The molecule has 0 fully saturated rings. The molecule has 0 aliphatic carbocycles. The van der Waals surface area contributed by atoms with Crippen LogP contribution >= 0.6 is 15.9 Å². The van der Waals surface area contributed by atoms with Crippen LogP contribution in [-0.2, 0) is 0 Å². The summed E-state index contributed by atoms with van der Waals surface area (Å²) in [6.45, 7) is 6.52. The van der Waals surface area contributed by atoms with Crippen LogP contribution in [0.3, 0.4) is 0 Å². The van der Waals surface area contributed by atoms with Crippen molar-refractivity contribution in [3.8, 4) is 0 Å². The van der Waals surface area contributed by atoms with Crippen molar-refractivity contribution in [3.63, 3.8) is 0 Å². The number of nitrogens with zero attached hydrogens (tertiary/aromatic N) is 2. The van der Waals surface area contributed by atoms with Gasteiger partial charge in [0.15, 0.2) is 0 Å². The van der Waals surface area contributed by atoms with Gasteiger partial charge in [-0.1, -0.05) is 20.8 Å². The Morgan fingerprint density at radius 1 is 1.62 bits per heavy atom. The molecule has 4 heteroatoms. The van der Waals surface area contributed by atoms with Gasteiger partial charge in [0.05, 0.1) is 16.7 Å². The largest absolute Gasteiger partial charge is 0.383 e. The van der Waals surface area contributed by atoms with Crippen molar-refractivity contribution in [2.24, 2.45) is 5.92 Å². The first kappa shape index (κ1) is 10.6. The van der Waals surface area contributed by atoms with E-state index in [9.17, 15) is 0 Å². The second-order valence-electron chi connectivity index (χ2n) is 3.54. The second-order valence-corrected chi connectivity index (χ2v) is 4.40. The molecule has 1 aromatic heterocycles. The van der Waals surface area contributed by atoms with Gasteiger partial charge in [-0.05, 0) is 28.3 Å². The number of halogens is 1. The third kappa shape index (κ3) is 2.05. The van der Waals surface area contributed by atoms with Gasteiger partial charge in [-0.3, -0.25) is 0 Å². The third-order valence-electron chi connectivity index (χ3n) is 2.29. The van der Waals surface area contributed by atoms with Crippen LogP contribution in [-0.4, -0.2) is 9.78 Å². The molecule has 0 aromatic carbocycles. The van der Waals surface area contributed by atoms with Crippen LogP contribution in [0, 0.1) is 5.92 Å². The normalized spacial score (nSPS) is 13.6. The molecule has 0 aliphatic heterocycles. The van der Waals surface area contributed by atoms with Crippen molar-refractivity contribution in [2.45, 2.75) is 33.2 Å². The van der Waals surface area contributed by atoms with E-state index in [0.717, 1.165) is 16.7 Å². The molecular weight excluding hydrogens is 230 g/mol.